The van der Waals surface area contributed by atoms with Crippen LogP contribution < -0.4 is 9.80 Å². The minimum absolute atomic E-state index is 0.700. The summed E-state index contributed by atoms with van der Waals surface area (Å²) < 4.78 is 0. The van der Waals surface area contributed by atoms with Gasteiger partial charge in [0, 0.05) is 26.2 Å². The van der Waals surface area contributed by atoms with Crippen molar-refractivity contribution >= 4 is 11.8 Å². The topological polar surface area (TPSA) is 45.2 Å². The van der Waals surface area contributed by atoms with Gasteiger partial charge in [-0.15, -0.1) is 5.10 Å². The lowest BCUT2D eigenvalue weighted by molar-refractivity contribution is 0.714. The van der Waals surface area contributed by atoms with Gasteiger partial charge >= 0.3 is 0 Å². The molecule has 0 spiro atoms. The van der Waals surface area contributed by atoms with E-state index in [0.717, 1.165) is 44.8 Å². The Hall–Kier alpha value is -2.17. The van der Waals surface area contributed by atoms with E-state index in [-0.39, 0.29) is 0 Å². The van der Waals surface area contributed by atoms with Crippen molar-refractivity contribution < 1.29 is 0 Å². The van der Waals surface area contributed by atoms with E-state index in [9.17, 15) is 0 Å². The number of rotatable bonds is 9. The predicted molar refractivity (Wildman–Crippen MR) is 95.8 cm³/mol. The maximum atomic E-state index is 4.76. The molecule has 0 unspecified atom stereocenters. The quantitative estimate of drug-likeness (QED) is 0.708. The Morgan fingerprint density at radius 1 is 0.913 bits per heavy atom. The van der Waals surface area contributed by atoms with Crippen molar-refractivity contribution in [2.45, 2.75) is 40.2 Å². The van der Waals surface area contributed by atoms with E-state index >= 15 is 0 Å². The molecule has 0 aliphatic carbocycles. The average Bonchev–Trinajstić information content (AvgIpc) is 2.60. The number of hydrogen-bond donors (Lipinski definition) is 0. The zero-order chi connectivity index (χ0) is 16.5. The highest BCUT2D eigenvalue weighted by atomic mass is 15.3. The van der Waals surface area contributed by atoms with Crippen molar-refractivity contribution in [1.82, 2.24) is 15.2 Å². The molecule has 0 fully saturated rings. The van der Waals surface area contributed by atoms with E-state index < -0.39 is 0 Å². The largest absolute Gasteiger partial charge is 0.355 e. The van der Waals surface area contributed by atoms with E-state index in [1.165, 1.54) is 5.56 Å². The van der Waals surface area contributed by atoms with Crippen LogP contribution in [0.5, 0.6) is 0 Å². The van der Waals surface area contributed by atoms with Crippen LogP contribution in [0.4, 0.5) is 11.8 Å². The molecule has 2 rings (SSSR count). The van der Waals surface area contributed by atoms with Gasteiger partial charge in [0.25, 0.3) is 0 Å². The molecule has 1 heterocycles. The molecule has 0 radical (unpaired) electrons. The number of benzene rings is 1. The van der Waals surface area contributed by atoms with E-state index in [1.807, 2.05) is 6.07 Å². The van der Waals surface area contributed by atoms with Crippen molar-refractivity contribution in [3.8, 4) is 0 Å². The third-order valence-electron chi connectivity index (χ3n) is 3.73. The molecule has 0 N–H and O–H groups in total. The second-order valence-electron chi connectivity index (χ2n) is 5.60. The lowest BCUT2D eigenvalue weighted by Gasteiger charge is -2.25. The minimum atomic E-state index is 0.700. The van der Waals surface area contributed by atoms with Crippen LogP contribution in [0.2, 0.25) is 0 Å². The van der Waals surface area contributed by atoms with Crippen LogP contribution >= 0.6 is 0 Å². The van der Waals surface area contributed by atoms with Gasteiger partial charge in [0.05, 0.1) is 6.20 Å². The molecule has 0 amide bonds. The molecule has 124 valence electrons. The van der Waals surface area contributed by atoms with Crippen molar-refractivity contribution in [2.24, 2.45) is 0 Å². The molecule has 2 aromatic rings. The van der Waals surface area contributed by atoms with E-state index in [2.05, 4.69) is 65.0 Å². The SMILES string of the molecule is CCCN(CCC)c1cnnc(N(CC)Cc2ccccc2)n1. The average molecular weight is 313 g/mol. The minimum Gasteiger partial charge on any atom is -0.355 e. The third kappa shape index (κ3) is 4.91. The highest BCUT2D eigenvalue weighted by molar-refractivity contribution is 5.42. The fraction of sp³-hybridized carbons (Fsp3) is 0.500. The lowest BCUT2D eigenvalue weighted by Crippen LogP contribution is -2.29. The van der Waals surface area contributed by atoms with E-state index in [4.69, 9.17) is 4.98 Å². The maximum absolute atomic E-state index is 4.76. The fourth-order valence-corrected chi connectivity index (χ4v) is 2.58. The highest BCUT2D eigenvalue weighted by Gasteiger charge is 2.13. The Labute approximate surface area is 139 Å². The number of anilines is 2. The summed E-state index contributed by atoms with van der Waals surface area (Å²) in [5, 5.41) is 8.43. The Morgan fingerprint density at radius 2 is 1.61 bits per heavy atom. The van der Waals surface area contributed by atoms with Crippen molar-refractivity contribution in [3.63, 3.8) is 0 Å². The van der Waals surface area contributed by atoms with Crippen LogP contribution in [0, 0.1) is 0 Å². The molecule has 1 aromatic heterocycles. The zero-order valence-electron chi connectivity index (χ0n) is 14.4. The summed E-state index contributed by atoms with van der Waals surface area (Å²) in [5.74, 6) is 1.62. The summed E-state index contributed by atoms with van der Waals surface area (Å²) in [5.41, 5.74) is 1.25. The third-order valence-corrected chi connectivity index (χ3v) is 3.73. The van der Waals surface area contributed by atoms with Gasteiger partial charge in [0.2, 0.25) is 5.95 Å². The maximum Gasteiger partial charge on any atom is 0.247 e. The molecule has 0 saturated heterocycles. The summed E-state index contributed by atoms with van der Waals surface area (Å²) >= 11 is 0. The van der Waals surface area contributed by atoms with Crippen LogP contribution in [0.1, 0.15) is 39.2 Å². The van der Waals surface area contributed by atoms with Crippen LogP contribution in [-0.2, 0) is 6.54 Å². The predicted octanol–water partition coefficient (Wildman–Crippen LogP) is 3.52. The van der Waals surface area contributed by atoms with Crippen LogP contribution in [0.25, 0.3) is 0 Å². The summed E-state index contributed by atoms with van der Waals surface area (Å²) in [6, 6.07) is 10.4. The van der Waals surface area contributed by atoms with Gasteiger partial charge in [0.15, 0.2) is 5.82 Å². The summed E-state index contributed by atoms with van der Waals surface area (Å²) in [7, 11) is 0. The first-order valence-electron chi connectivity index (χ1n) is 8.52. The zero-order valence-corrected chi connectivity index (χ0v) is 14.4. The van der Waals surface area contributed by atoms with Gasteiger partial charge in [-0.1, -0.05) is 44.2 Å². The molecule has 5 heteroatoms. The van der Waals surface area contributed by atoms with Gasteiger partial charge < -0.3 is 9.80 Å². The van der Waals surface area contributed by atoms with Gasteiger partial charge in [-0.25, -0.2) is 0 Å². The van der Waals surface area contributed by atoms with Gasteiger partial charge in [0.1, 0.15) is 0 Å². The monoisotopic (exact) mass is 313 g/mol. The van der Waals surface area contributed by atoms with Crippen molar-refractivity contribution in [3.05, 3.63) is 42.1 Å². The second-order valence-corrected chi connectivity index (χ2v) is 5.60. The van der Waals surface area contributed by atoms with Crippen LogP contribution in [0.3, 0.4) is 0 Å². The first-order valence-corrected chi connectivity index (χ1v) is 8.52. The van der Waals surface area contributed by atoms with E-state index in [1.54, 1.807) is 6.20 Å². The molecule has 0 aliphatic rings. The van der Waals surface area contributed by atoms with Crippen LogP contribution in [0.15, 0.2) is 36.5 Å². The fourth-order valence-electron chi connectivity index (χ4n) is 2.58. The standard InChI is InChI=1S/C18H27N5/c1-4-12-23(13-5-2)17-14-19-21-18(20-17)22(6-3)15-16-10-8-7-9-11-16/h7-11,14H,4-6,12-13,15H2,1-3H3. The number of nitrogens with zero attached hydrogens (tertiary/aromatic N) is 5. The van der Waals surface area contributed by atoms with Gasteiger partial charge in [-0.05, 0) is 25.3 Å². The van der Waals surface area contributed by atoms with Crippen molar-refractivity contribution in [1.29, 1.82) is 0 Å². The highest BCUT2D eigenvalue weighted by Crippen LogP contribution is 2.16. The molecule has 23 heavy (non-hydrogen) atoms. The Kier molecular flexibility index (Phi) is 6.78. The smallest absolute Gasteiger partial charge is 0.247 e. The van der Waals surface area contributed by atoms with Crippen molar-refractivity contribution in [2.75, 3.05) is 29.4 Å². The molecule has 0 atom stereocenters. The van der Waals surface area contributed by atoms with Gasteiger partial charge in [-0.2, -0.15) is 10.1 Å². The summed E-state index contributed by atoms with van der Waals surface area (Å²) in [4.78, 5) is 9.20. The summed E-state index contributed by atoms with van der Waals surface area (Å²) in [6.07, 6.45) is 3.97. The Morgan fingerprint density at radius 3 is 2.22 bits per heavy atom. The van der Waals surface area contributed by atoms with Crippen LogP contribution in [-0.4, -0.2) is 34.8 Å². The Bertz CT molecular complexity index is 567. The second kappa shape index (κ2) is 9.08. The Balaban J connectivity index is 2.18. The molecule has 5 nitrogen and oxygen atoms in total. The first-order chi connectivity index (χ1) is 11.3. The molecule has 1 aromatic carbocycles. The molecular formula is C18H27N5. The molecule has 0 aliphatic heterocycles. The molecule has 0 bridgehead atoms. The normalized spacial score (nSPS) is 10.6. The molecule has 0 saturated carbocycles. The lowest BCUT2D eigenvalue weighted by atomic mass is 10.2. The molecular weight excluding hydrogens is 286 g/mol. The van der Waals surface area contributed by atoms with Gasteiger partial charge in [-0.3, -0.25) is 0 Å². The van der Waals surface area contributed by atoms with E-state index in [0.29, 0.717) is 5.95 Å². The number of hydrogen-bond acceptors (Lipinski definition) is 5. The number of aromatic nitrogens is 3. The summed E-state index contributed by atoms with van der Waals surface area (Å²) in [6.45, 7) is 10.1. The first kappa shape index (κ1) is 17.2.